The lowest BCUT2D eigenvalue weighted by atomic mass is 9.93. The number of hydrogen-bond donors (Lipinski definition) is 0. The number of rotatable bonds is 5. The molecule has 0 N–H and O–H groups in total. The van der Waals surface area contributed by atoms with Crippen molar-refractivity contribution in [1.82, 2.24) is 4.57 Å². The predicted molar refractivity (Wildman–Crippen MR) is 84.1 cm³/mol. The summed E-state index contributed by atoms with van der Waals surface area (Å²) in [5.74, 6) is -15.4. The maximum atomic E-state index is 13.6. The molecule has 0 bridgehead atoms. The second-order valence-corrected chi connectivity index (χ2v) is 7.73. The van der Waals surface area contributed by atoms with Gasteiger partial charge in [0.25, 0.3) is 0 Å². The number of hydrogen-bond acceptors (Lipinski definition) is 3. The van der Waals surface area contributed by atoms with E-state index in [0.29, 0.717) is 10.6 Å². The van der Waals surface area contributed by atoms with E-state index in [-0.39, 0.29) is 13.2 Å². The van der Waals surface area contributed by atoms with Crippen LogP contribution in [-0.4, -0.2) is 42.2 Å². The molecule has 0 aromatic carbocycles. The molecular weight excluding hydrogens is 405 g/mol. The van der Waals surface area contributed by atoms with E-state index in [1.54, 1.807) is 27.7 Å². The monoisotopic (exact) mass is 424 g/mol. The number of ether oxygens (including phenoxy) is 1. The topological polar surface area (TPSA) is 43.6 Å². The van der Waals surface area contributed by atoms with Gasteiger partial charge in [-0.2, -0.15) is 35.7 Å². The van der Waals surface area contributed by atoms with Crippen molar-refractivity contribution in [2.75, 3.05) is 13.7 Å². The fourth-order valence-electron chi connectivity index (χ4n) is 2.18. The van der Waals surface area contributed by atoms with Crippen LogP contribution >= 0.6 is 11.3 Å². The Labute approximate surface area is 154 Å². The van der Waals surface area contributed by atoms with E-state index in [0.717, 1.165) is 11.3 Å². The van der Waals surface area contributed by atoms with Gasteiger partial charge in [-0.1, -0.05) is 20.8 Å². The van der Waals surface area contributed by atoms with Crippen molar-refractivity contribution in [1.29, 1.82) is 0 Å². The zero-order valence-electron chi connectivity index (χ0n) is 15.2. The quantitative estimate of drug-likeness (QED) is 0.669. The van der Waals surface area contributed by atoms with Gasteiger partial charge in [0.15, 0.2) is 4.80 Å². The molecule has 0 aliphatic heterocycles. The van der Waals surface area contributed by atoms with Crippen molar-refractivity contribution in [2.24, 2.45) is 4.99 Å². The highest BCUT2D eigenvalue weighted by Gasteiger charge is 2.76. The number of halogens is 7. The molecule has 0 saturated carbocycles. The number of aromatic nitrogens is 1. The van der Waals surface area contributed by atoms with Gasteiger partial charge in [-0.15, -0.1) is 11.3 Å². The Bertz CT molecular complexity index is 758. The zero-order chi connectivity index (χ0) is 21.4. The summed E-state index contributed by atoms with van der Waals surface area (Å²) in [7, 11) is 1.35. The molecule has 0 radical (unpaired) electrons. The summed E-state index contributed by atoms with van der Waals surface area (Å²) in [6, 6.07) is 0. The minimum Gasteiger partial charge on any atom is -0.383 e. The number of alkyl halides is 7. The van der Waals surface area contributed by atoms with Gasteiger partial charge in [0.05, 0.1) is 6.61 Å². The number of carbonyl (C=O) groups is 1. The van der Waals surface area contributed by atoms with Gasteiger partial charge < -0.3 is 9.30 Å². The Morgan fingerprint density at radius 1 is 1.11 bits per heavy atom. The second-order valence-electron chi connectivity index (χ2n) is 6.76. The van der Waals surface area contributed by atoms with Gasteiger partial charge in [-0.25, -0.2) is 0 Å². The van der Waals surface area contributed by atoms with Crippen molar-refractivity contribution in [2.45, 2.75) is 57.7 Å². The van der Waals surface area contributed by atoms with Crippen LogP contribution in [-0.2, 0) is 21.5 Å². The third-order valence-corrected chi connectivity index (χ3v) is 5.18. The fraction of sp³-hybridized carbons (Fsp3) is 0.733. The molecule has 0 aliphatic carbocycles. The first kappa shape index (κ1) is 23.6. The number of nitrogens with zero attached hydrogens (tertiary/aromatic N) is 2. The summed E-state index contributed by atoms with van der Waals surface area (Å²) >= 11 is 0.766. The molecule has 0 aliphatic rings. The lowest BCUT2D eigenvalue weighted by Gasteiger charge is -2.25. The zero-order valence-corrected chi connectivity index (χ0v) is 16.0. The van der Waals surface area contributed by atoms with Crippen LogP contribution in [0.15, 0.2) is 4.99 Å². The van der Waals surface area contributed by atoms with Gasteiger partial charge in [-0.05, 0) is 12.3 Å². The molecule has 1 rings (SSSR count). The number of methoxy groups -OCH3 is 1. The van der Waals surface area contributed by atoms with Crippen molar-refractivity contribution in [3.8, 4) is 0 Å². The molecule has 0 atom stereocenters. The van der Waals surface area contributed by atoms with Gasteiger partial charge in [-0.3, -0.25) is 4.79 Å². The van der Waals surface area contributed by atoms with Crippen LogP contribution in [0.25, 0.3) is 0 Å². The maximum Gasteiger partial charge on any atom is 0.460 e. The van der Waals surface area contributed by atoms with Crippen LogP contribution < -0.4 is 4.80 Å². The van der Waals surface area contributed by atoms with Crippen LogP contribution in [0.5, 0.6) is 0 Å². The standard InChI is InChI=1S/C15H19F7N2O2S/c1-8-9(12(2,3)4)27-11(24(8)6-7-26-5)23-10(25)13(16,17)14(18,19)15(20,21)22/h6-7H2,1-5H3/b23-11-. The highest BCUT2D eigenvalue weighted by Crippen LogP contribution is 2.47. The fourth-order valence-corrected chi connectivity index (χ4v) is 3.39. The molecule has 12 heteroatoms. The SMILES string of the molecule is COCCn1c(C)c(C(C)(C)C)s/c1=N\C(=O)C(F)(F)C(F)(F)C(F)(F)F. The maximum absolute atomic E-state index is 13.6. The van der Waals surface area contributed by atoms with Crippen molar-refractivity contribution in [3.05, 3.63) is 15.4 Å². The van der Waals surface area contributed by atoms with E-state index in [4.69, 9.17) is 4.74 Å². The normalized spacial score (nSPS) is 14.7. The van der Waals surface area contributed by atoms with Crippen LogP contribution in [0, 0.1) is 6.92 Å². The summed E-state index contributed by atoms with van der Waals surface area (Å²) in [5, 5.41) is 0. The summed E-state index contributed by atoms with van der Waals surface area (Å²) < 4.78 is 96.1. The molecule has 1 heterocycles. The van der Waals surface area contributed by atoms with Gasteiger partial charge in [0.1, 0.15) is 0 Å². The van der Waals surface area contributed by atoms with Crippen LogP contribution in [0.1, 0.15) is 31.3 Å². The van der Waals surface area contributed by atoms with Crippen LogP contribution in [0.2, 0.25) is 0 Å². The Morgan fingerprint density at radius 3 is 2.04 bits per heavy atom. The van der Waals surface area contributed by atoms with E-state index < -0.39 is 34.1 Å². The highest BCUT2D eigenvalue weighted by atomic mass is 32.1. The molecule has 0 fully saturated rings. The Kier molecular flexibility index (Phi) is 6.59. The number of amides is 1. The van der Waals surface area contributed by atoms with E-state index in [1.165, 1.54) is 11.7 Å². The van der Waals surface area contributed by atoms with Gasteiger partial charge in [0.2, 0.25) is 0 Å². The Morgan fingerprint density at radius 2 is 1.63 bits per heavy atom. The van der Waals surface area contributed by atoms with Crippen LogP contribution in [0.3, 0.4) is 0 Å². The predicted octanol–water partition coefficient (Wildman–Crippen LogP) is 4.06. The molecule has 0 spiro atoms. The van der Waals surface area contributed by atoms with E-state index in [9.17, 15) is 35.5 Å². The molecule has 4 nitrogen and oxygen atoms in total. The van der Waals surface area contributed by atoms with E-state index in [1.807, 2.05) is 0 Å². The second kappa shape index (κ2) is 7.53. The smallest absolute Gasteiger partial charge is 0.383 e. The Balaban J connectivity index is 3.55. The first-order valence-electron chi connectivity index (χ1n) is 7.59. The molecule has 156 valence electrons. The lowest BCUT2D eigenvalue weighted by Crippen LogP contribution is -2.56. The summed E-state index contributed by atoms with van der Waals surface area (Å²) in [4.78, 5) is 14.7. The lowest BCUT2D eigenvalue weighted by molar-refractivity contribution is -0.343. The minimum atomic E-state index is -6.60. The average molecular weight is 424 g/mol. The van der Waals surface area contributed by atoms with E-state index >= 15 is 0 Å². The number of thiazole rings is 1. The minimum absolute atomic E-state index is 0.0439. The first-order valence-corrected chi connectivity index (χ1v) is 8.41. The van der Waals surface area contributed by atoms with Gasteiger partial charge in [0, 0.05) is 24.2 Å². The summed E-state index contributed by atoms with van der Waals surface area (Å²) in [6.45, 7) is 7.07. The molecule has 1 aromatic heterocycles. The third-order valence-electron chi connectivity index (χ3n) is 3.57. The van der Waals surface area contributed by atoms with E-state index in [2.05, 4.69) is 4.99 Å². The molecule has 1 amide bonds. The largest absolute Gasteiger partial charge is 0.460 e. The molecule has 0 unspecified atom stereocenters. The van der Waals surface area contributed by atoms with Crippen molar-refractivity contribution >= 4 is 17.2 Å². The van der Waals surface area contributed by atoms with Crippen molar-refractivity contribution < 1.29 is 40.3 Å². The number of carbonyl (C=O) groups excluding carboxylic acids is 1. The summed E-state index contributed by atoms with van der Waals surface area (Å²) in [5.41, 5.74) is 0.0146. The average Bonchev–Trinajstić information content (AvgIpc) is 2.80. The Hall–Kier alpha value is -1.43. The highest BCUT2D eigenvalue weighted by molar-refractivity contribution is 7.09. The van der Waals surface area contributed by atoms with Crippen LogP contribution in [0.4, 0.5) is 30.7 Å². The summed E-state index contributed by atoms with van der Waals surface area (Å²) in [6.07, 6.45) is -6.60. The molecule has 27 heavy (non-hydrogen) atoms. The molecule has 0 saturated heterocycles. The first-order chi connectivity index (χ1) is 12.0. The molecule has 1 aromatic rings. The van der Waals surface area contributed by atoms with Gasteiger partial charge >= 0.3 is 23.9 Å². The van der Waals surface area contributed by atoms with Crippen molar-refractivity contribution in [3.63, 3.8) is 0 Å². The third kappa shape index (κ3) is 4.53. The molecular formula is C15H19F7N2O2S.